The SMILES string of the molecule is O=C(O)P(=O)(Cl)Cl. The van der Waals surface area contributed by atoms with Crippen molar-refractivity contribution in [3.63, 3.8) is 0 Å². The fraction of sp³-hybridized carbons (Fsp3) is 0. The molecule has 0 unspecified atom stereocenters. The standard InChI is InChI=1S/CHCl2O3P/c2-7(3,6)1(4)5/h(H,4,5). The van der Waals surface area contributed by atoms with E-state index in [2.05, 4.69) is 22.5 Å². The summed E-state index contributed by atoms with van der Waals surface area (Å²) < 4.78 is 9.85. The lowest BCUT2D eigenvalue weighted by Gasteiger charge is -1.86. The molecule has 0 amide bonds. The molecule has 42 valence electrons. The van der Waals surface area contributed by atoms with Gasteiger partial charge in [0.05, 0.1) is 0 Å². The first-order chi connectivity index (χ1) is 2.94. The van der Waals surface area contributed by atoms with Gasteiger partial charge in [0.1, 0.15) is 0 Å². The van der Waals surface area contributed by atoms with Gasteiger partial charge in [0.2, 0.25) is 0 Å². The van der Waals surface area contributed by atoms with Crippen molar-refractivity contribution in [1.29, 1.82) is 0 Å². The van der Waals surface area contributed by atoms with Crippen LogP contribution in [0.25, 0.3) is 0 Å². The van der Waals surface area contributed by atoms with E-state index in [4.69, 9.17) is 5.11 Å². The van der Waals surface area contributed by atoms with Crippen LogP contribution < -0.4 is 0 Å². The average Bonchev–Trinajstić information content (AvgIpc) is 1.31. The Hall–Kier alpha value is 0.280. The summed E-state index contributed by atoms with van der Waals surface area (Å²) in [5, 5.41) is 7.72. The van der Waals surface area contributed by atoms with Crippen molar-refractivity contribution in [2.24, 2.45) is 0 Å². The summed E-state index contributed by atoms with van der Waals surface area (Å²) in [6, 6.07) is 0. The second kappa shape index (κ2) is 2.03. The van der Waals surface area contributed by atoms with Crippen LogP contribution in [0, 0.1) is 0 Å². The second-order valence-electron chi connectivity index (χ2n) is 0.745. The first-order valence-electron chi connectivity index (χ1n) is 1.17. The minimum absolute atomic E-state index is 1.67. The molecular formula is CHCl2O3P. The van der Waals surface area contributed by atoms with Crippen LogP contribution in [0.2, 0.25) is 0 Å². The molecule has 0 aliphatic heterocycles. The molecule has 0 saturated carbocycles. The summed E-state index contributed by atoms with van der Waals surface area (Å²) >= 11 is 9.18. The Morgan fingerprint density at radius 2 is 1.71 bits per heavy atom. The molecule has 0 rings (SSSR count). The third-order valence-electron chi connectivity index (χ3n) is 0.223. The highest BCUT2D eigenvalue weighted by atomic mass is 35.9. The van der Waals surface area contributed by atoms with Gasteiger partial charge in [-0.05, 0) is 22.5 Å². The van der Waals surface area contributed by atoms with E-state index in [-0.39, 0.29) is 0 Å². The molecule has 1 N–H and O–H groups in total. The summed E-state index contributed by atoms with van der Waals surface area (Å²) in [6.07, 6.45) is 0. The van der Waals surface area contributed by atoms with Crippen LogP contribution in [0.4, 0.5) is 4.79 Å². The lowest BCUT2D eigenvalue weighted by molar-refractivity contribution is 0.220. The number of halogens is 2. The molecule has 0 bridgehead atoms. The Bertz CT molecular complexity index is 125. The molecule has 0 saturated heterocycles. The van der Waals surface area contributed by atoms with E-state index in [1.54, 1.807) is 0 Å². The fourth-order valence-corrected chi connectivity index (χ4v) is 0. The Labute approximate surface area is 49.2 Å². The van der Waals surface area contributed by atoms with E-state index in [0.29, 0.717) is 0 Å². The van der Waals surface area contributed by atoms with E-state index in [1.807, 2.05) is 0 Å². The van der Waals surface area contributed by atoms with Crippen LogP contribution in [-0.2, 0) is 4.57 Å². The second-order valence-corrected chi connectivity index (χ2v) is 5.43. The third-order valence-corrected chi connectivity index (χ3v) is 1.54. The molecule has 3 nitrogen and oxygen atoms in total. The van der Waals surface area contributed by atoms with Crippen molar-refractivity contribution in [2.75, 3.05) is 0 Å². The summed E-state index contributed by atoms with van der Waals surface area (Å²) in [5.74, 6) is -3.88. The largest absolute Gasteiger partial charge is 0.474 e. The number of hydrogen-bond acceptors (Lipinski definition) is 2. The molecule has 0 aromatic heterocycles. The lowest BCUT2D eigenvalue weighted by Crippen LogP contribution is -1.80. The van der Waals surface area contributed by atoms with E-state index < -0.39 is 11.6 Å². The van der Waals surface area contributed by atoms with Crippen LogP contribution >= 0.6 is 28.3 Å². The van der Waals surface area contributed by atoms with Crippen LogP contribution in [-0.4, -0.2) is 10.8 Å². The van der Waals surface area contributed by atoms with Crippen LogP contribution in [0.1, 0.15) is 0 Å². The zero-order chi connectivity index (χ0) is 6.08. The van der Waals surface area contributed by atoms with Gasteiger partial charge in [-0.25, -0.2) is 4.79 Å². The summed E-state index contributed by atoms with van der Waals surface area (Å²) in [5.41, 5.74) is -1.67. The van der Waals surface area contributed by atoms with E-state index in [1.165, 1.54) is 0 Å². The maximum atomic E-state index is 9.85. The first kappa shape index (κ1) is 7.28. The predicted molar refractivity (Wildman–Crippen MR) is 27.3 cm³/mol. The zero-order valence-corrected chi connectivity index (χ0v) is 5.37. The number of hydrogen-bond donors (Lipinski definition) is 1. The Morgan fingerprint density at radius 3 is 1.71 bits per heavy atom. The Balaban J connectivity index is 4.09. The molecule has 0 atom stereocenters. The topological polar surface area (TPSA) is 54.4 Å². The smallest absolute Gasteiger partial charge is 0.392 e. The summed E-state index contributed by atoms with van der Waals surface area (Å²) in [4.78, 5) is 9.49. The van der Waals surface area contributed by atoms with Gasteiger partial charge in [-0.3, -0.25) is 4.57 Å². The molecule has 6 heteroatoms. The molecule has 0 aromatic rings. The third kappa shape index (κ3) is 2.92. The molecular weight excluding hydrogens is 162 g/mol. The van der Waals surface area contributed by atoms with Gasteiger partial charge in [0.25, 0.3) is 0 Å². The van der Waals surface area contributed by atoms with Crippen LogP contribution in [0.3, 0.4) is 0 Å². The van der Waals surface area contributed by atoms with E-state index in [0.717, 1.165) is 0 Å². The van der Waals surface area contributed by atoms with Crippen molar-refractivity contribution >= 4 is 34.0 Å². The van der Waals surface area contributed by atoms with Gasteiger partial charge < -0.3 is 5.11 Å². The maximum absolute atomic E-state index is 9.85. The van der Waals surface area contributed by atoms with Gasteiger partial charge in [-0.15, -0.1) is 0 Å². The Kier molecular flexibility index (Phi) is 2.11. The zero-order valence-electron chi connectivity index (χ0n) is 2.97. The highest BCUT2D eigenvalue weighted by molar-refractivity contribution is 8.18. The average molecular weight is 163 g/mol. The molecule has 0 aliphatic rings. The predicted octanol–water partition coefficient (Wildman–Crippen LogP) is 2.34. The van der Waals surface area contributed by atoms with Crippen molar-refractivity contribution < 1.29 is 14.5 Å². The van der Waals surface area contributed by atoms with Crippen LogP contribution in [0.5, 0.6) is 0 Å². The highest BCUT2D eigenvalue weighted by Crippen LogP contribution is 2.56. The lowest BCUT2D eigenvalue weighted by atomic mass is 11.6. The maximum Gasteiger partial charge on any atom is 0.392 e. The molecule has 0 heterocycles. The summed E-state index contributed by atoms with van der Waals surface area (Å²) in [7, 11) is 0. The minimum atomic E-state index is -3.88. The number of rotatable bonds is 1. The molecule has 0 aromatic carbocycles. The van der Waals surface area contributed by atoms with Crippen molar-refractivity contribution in [3.05, 3.63) is 0 Å². The molecule has 0 fully saturated rings. The van der Waals surface area contributed by atoms with Crippen molar-refractivity contribution in [2.45, 2.75) is 0 Å². The number of carboxylic acid groups (broad SMARTS) is 1. The molecule has 0 spiro atoms. The number of carbonyl (C=O) groups is 1. The van der Waals surface area contributed by atoms with Crippen molar-refractivity contribution in [3.8, 4) is 0 Å². The molecule has 0 radical (unpaired) electrons. The Morgan fingerprint density at radius 1 is 1.57 bits per heavy atom. The van der Waals surface area contributed by atoms with Gasteiger partial charge >= 0.3 is 11.6 Å². The first-order valence-corrected chi connectivity index (χ1v) is 4.69. The molecule has 0 aliphatic carbocycles. The quantitative estimate of drug-likeness (QED) is 0.603. The molecule has 7 heavy (non-hydrogen) atoms. The monoisotopic (exact) mass is 162 g/mol. The minimum Gasteiger partial charge on any atom is -0.474 e. The fourth-order valence-electron chi connectivity index (χ4n) is 0. The van der Waals surface area contributed by atoms with E-state index >= 15 is 0 Å². The normalized spacial score (nSPS) is 11.1. The van der Waals surface area contributed by atoms with Gasteiger partial charge in [0.15, 0.2) is 0 Å². The van der Waals surface area contributed by atoms with Crippen LogP contribution in [0.15, 0.2) is 0 Å². The van der Waals surface area contributed by atoms with Gasteiger partial charge in [-0.2, -0.15) is 0 Å². The highest BCUT2D eigenvalue weighted by Gasteiger charge is 2.23. The van der Waals surface area contributed by atoms with Crippen molar-refractivity contribution in [1.82, 2.24) is 0 Å². The van der Waals surface area contributed by atoms with Gasteiger partial charge in [-0.1, -0.05) is 0 Å². The summed E-state index contributed by atoms with van der Waals surface area (Å²) in [6.45, 7) is 0. The van der Waals surface area contributed by atoms with E-state index in [9.17, 15) is 9.36 Å². The van der Waals surface area contributed by atoms with Gasteiger partial charge in [0, 0.05) is 0 Å².